The van der Waals surface area contributed by atoms with Crippen LogP contribution < -0.4 is 14.8 Å². The number of ether oxygens (including phenoxy) is 2. The monoisotopic (exact) mass is 297 g/mol. The molecule has 0 aromatic heterocycles. The first-order valence-corrected chi connectivity index (χ1v) is 7.61. The summed E-state index contributed by atoms with van der Waals surface area (Å²) in [4.78, 5) is 0. The molecular formula is C19H23NO2. The van der Waals surface area contributed by atoms with Crippen LogP contribution >= 0.6 is 0 Å². The fraction of sp³-hybridized carbons (Fsp3) is 0.368. The van der Waals surface area contributed by atoms with Crippen molar-refractivity contribution >= 4 is 0 Å². The lowest BCUT2D eigenvalue weighted by molar-refractivity contribution is 0.324. The van der Waals surface area contributed by atoms with Crippen molar-refractivity contribution in [1.29, 1.82) is 0 Å². The van der Waals surface area contributed by atoms with Crippen LogP contribution in [0.3, 0.4) is 0 Å². The molecule has 22 heavy (non-hydrogen) atoms. The van der Waals surface area contributed by atoms with E-state index in [1.807, 2.05) is 6.07 Å². The van der Waals surface area contributed by atoms with Gasteiger partial charge in [0.05, 0.1) is 20.3 Å². The molecule has 2 aromatic rings. The molecule has 2 aromatic carbocycles. The maximum Gasteiger partial charge on any atom is 0.161 e. The summed E-state index contributed by atoms with van der Waals surface area (Å²) >= 11 is 0. The summed E-state index contributed by atoms with van der Waals surface area (Å²) in [6, 6.07) is 14.9. The van der Waals surface area contributed by atoms with Gasteiger partial charge in [-0.2, -0.15) is 0 Å². The molecule has 1 N–H and O–H groups in total. The van der Waals surface area contributed by atoms with Crippen molar-refractivity contribution in [3.63, 3.8) is 0 Å². The molecule has 3 heteroatoms. The molecule has 0 fully saturated rings. The molecule has 0 spiro atoms. The molecule has 1 aliphatic rings. The summed E-state index contributed by atoms with van der Waals surface area (Å²) in [7, 11) is 3.37. The molecule has 116 valence electrons. The summed E-state index contributed by atoms with van der Waals surface area (Å²) in [5.41, 5.74) is 3.88. The molecule has 0 amide bonds. The Labute approximate surface area is 132 Å². The quantitative estimate of drug-likeness (QED) is 0.936. The van der Waals surface area contributed by atoms with Crippen LogP contribution in [0.1, 0.15) is 36.6 Å². The lowest BCUT2D eigenvalue weighted by atomic mass is 9.81. The second-order valence-corrected chi connectivity index (χ2v) is 6.45. The third-order valence-corrected chi connectivity index (χ3v) is 4.26. The van der Waals surface area contributed by atoms with Crippen LogP contribution in [0.5, 0.6) is 11.5 Å². The number of nitrogens with one attached hydrogen (secondary N) is 1. The standard InChI is InChI=1S/C19H23NO2/c1-19(2)12-14-10-16(21-3)17(22-4)11-15(14)18(20-19)13-8-6-5-7-9-13/h5-11,18,20H,12H2,1-4H3/t18-/m1/s1. The van der Waals surface area contributed by atoms with E-state index in [9.17, 15) is 0 Å². The van der Waals surface area contributed by atoms with Gasteiger partial charge < -0.3 is 14.8 Å². The van der Waals surface area contributed by atoms with E-state index < -0.39 is 0 Å². The predicted molar refractivity (Wildman–Crippen MR) is 88.7 cm³/mol. The summed E-state index contributed by atoms with van der Waals surface area (Å²) in [6.45, 7) is 4.48. The van der Waals surface area contributed by atoms with E-state index in [4.69, 9.17) is 9.47 Å². The topological polar surface area (TPSA) is 30.5 Å². The van der Waals surface area contributed by atoms with Crippen molar-refractivity contribution in [2.45, 2.75) is 31.8 Å². The van der Waals surface area contributed by atoms with E-state index in [0.717, 1.165) is 17.9 Å². The number of benzene rings is 2. The van der Waals surface area contributed by atoms with Gasteiger partial charge in [0, 0.05) is 5.54 Å². The Morgan fingerprint density at radius 2 is 1.64 bits per heavy atom. The minimum absolute atomic E-state index is 0.0348. The summed E-state index contributed by atoms with van der Waals surface area (Å²) in [5, 5.41) is 3.76. The molecule has 0 radical (unpaired) electrons. The van der Waals surface area contributed by atoms with Gasteiger partial charge in [-0.15, -0.1) is 0 Å². The number of hydrogen-bond donors (Lipinski definition) is 1. The molecule has 1 atom stereocenters. The molecule has 0 saturated carbocycles. The van der Waals surface area contributed by atoms with E-state index in [2.05, 4.69) is 55.6 Å². The second kappa shape index (κ2) is 5.65. The zero-order valence-corrected chi connectivity index (χ0v) is 13.6. The van der Waals surface area contributed by atoms with Crippen LogP contribution in [0.2, 0.25) is 0 Å². The van der Waals surface area contributed by atoms with Crippen molar-refractivity contribution in [2.24, 2.45) is 0 Å². The molecule has 3 rings (SSSR count). The summed E-state index contributed by atoms with van der Waals surface area (Å²) < 4.78 is 11.0. The highest BCUT2D eigenvalue weighted by molar-refractivity contribution is 5.52. The van der Waals surface area contributed by atoms with Gasteiger partial charge in [0.2, 0.25) is 0 Å². The van der Waals surface area contributed by atoms with Gasteiger partial charge in [0.15, 0.2) is 11.5 Å². The van der Waals surface area contributed by atoms with Gasteiger partial charge in [0.25, 0.3) is 0 Å². The maximum atomic E-state index is 5.49. The third kappa shape index (κ3) is 2.69. The third-order valence-electron chi connectivity index (χ3n) is 4.26. The zero-order valence-electron chi connectivity index (χ0n) is 13.6. The van der Waals surface area contributed by atoms with Crippen LogP contribution in [0.15, 0.2) is 42.5 Å². The fourth-order valence-corrected chi connectivity index (χ4v) is 3.26. The summed E-state index contributed by atoms with van der Waals surface area (Å²) in [6.07, 6.45) is 0.964. The predicted octanol–water partition coefficient (Wildman–Crippen LogP) is 3.72. The second-order valence-electron chi connectivity index (χ2n) is 6.45. The van der Waals surface area contributed by atoms with E-state index in [1.165, 1.54) is 16.7 Å². The SMILES string of the molecule is COc1cc2c(cc1OC)[C@@H](c1ccccc1)NC(C)(C)C2. The normalized spacial score (nSPS) is 19.4. The van der Waals surface area contributed by atoms with E-state index >= 15 is 0 Å². The smallest absolute Gasteiger partial charge is 0.161 e. The van der Waals surface area contributed by atoms with E-state index in [-0.39, 0.29) is 11.6 Å². The Bertz CT molecular complexity index is 665. The van der Waals surface area contributed by atoms with Crippen LogP contribution in [0, 0.1) is 0 Å². The average molecular weight is 297 g/mol. The number of hydrogen-bond acceptors (Lipinski definition) is 3. The molecular weight excluding hydrogens is 274 g/mol. The Kier molecular flexibility index (Phi) is 3.83. The summed E-state index contributed by atoms with van der Waals surface area (Å²) in [5.74, 6) is 1.58. The first-order valence-electron chi connectivity index (χ1n) is 7.61. The molecule has 1 heterocycles. The highest BCUT2D eigenvalue weighted by atomic mass is 16.5. The van der Waals surface area contributed by atoms with Gasteiger partial charge in [-0.3, -0.25) is 0 Å². The first-order chi connectivity index (χ1) is 10.5. The van der Waals surface area contributed by atoms with Crippen LogP contribution in [0.4, 0.5) is 0 Å². The Hall–Kier alpha value is -2.00. The Morgan fingerprint density at radius 3 is 2.27 bits per heavy atom. The molecule has 0 aliphatic carbocycles. The van der Waals surface area contributed by atoms with Gasteiger partial charge >= 0.3 is 0 Å². The van der Waals surface area contributed by atoms with Gasteiger partial charge in [-0.1, -0.05) is 30.3 Å². The number of rotatable bonds is 3. The molecule has 0 bridgehead atoms. The molecule has 0 unspecified atom stereocenters. The number of methoxy groups -OCH3 is 2. The van der Waals surface area contributed by atoms with Gasteiger partial charge in [-0.25, -0.2) is 0 Å². The van der Waals surface area contributed by atoms with Gasteiger partial charge in [0.1, 0.15) is 0 Å². The lowest BCUT2D eigenvalue weighted by Crippen LogP contribution is -2.47. The van der Waals surface area contributed by atoms with Crippen molar-refractivity contribution in [1.82, 2.24) is 5.32 Å². The van der Waals surface area contributed by atoms with Crippen molar-refractivity contribution in [3.05, 3.63) is 59.2 Å². The van der Waals surface area contributed by atoms with E-state index in [1.54, 1.807) is 14.2 Å². The Morgan fingerprint density at radius 1 is 1.00 bits per heavy atom. The molecule has 0 saturated heterocycles. The zero-order chi connectivity index (χ0) is 15.7. The average Bonchev–Trinajstić information content (AvgIpc) is 2.53. The Balaban J connectivity index is 2.15. The van der Waals surface area contributed by atoms with Crippen molar-refractivity contribution in [3.8, 4) is 11.5 Å². The minimum Gasteiger partial charge on any atom is -0.493 e. The lowest BCUT2D eigenvalue weighted by Gasteiger charge is -2.39. The molecule has 1 aliphatic heterocycles. The van der Waals surface area contributed by atoms with Crippen LogP contribution in [0.25, 0.3) is 0 Å². The fourth-order valence-electron chi connectivity index (χ4n) is 3.26. The van der Waals surface area contributed by atoms with Gasteiger partial charge in [-0.05, 0) is 49.1 Å². The van der Waals surface area contributed by atoms with Crippen LogP contribution in [-0.4, -0.2) is 19.8 Å². The largest absolute Gasteiger partial charge is 0.493 e. The highest BCUT2D eigenvalue weighted by Gasteiger charge is 2.33. The minimum atomic E-state index is 0.0348. The first kappa shape index (κ1) is 14.9. The van der Waals surface area contributed by atoms with Crippen molar-refractivity contribution < 1.29 is 9.47 Å². The van der Waals surface area contributed by atoms with E-state index in [0.29, 0.717) is 0 Å². The van der Waals surface area contributed by atoms with Crippen molar-refractivity contribution in [2.75, 3.05) is 14.2 Å². The highest BCUT2D eigenvalue weighted by Crippen LogP contribution is 2.40. The molecule has 3 nitrogen and oxygen atoms in total. The van der Waals surface area contributed by atoms with Crippen LogP contribution in [-0.2, 0) is 6.42 Å². The number of fused-ring (bicyclic) bond motifs is 1. The maximum absolute atomic E-state index is 5.49.